The number of rotatable bonds is 5. The summed E-state index contributed by atoms with van der Waals surface area (Å²) in [6, 6.07) is 19.8. The number of ketones is 1. The van der Waals surface area contributed by atoms with E-state index in [0.717, 1.165) is 5.69 Å². The van der Waals surface area contributed by atoms with E-state index in [2.05, 4.69) is 16.3 Å². The first-order valence-corrected chi connectivity index (χ1v) is 9.50. The Morgan fingerprint density at radius 1 is 1.03 bits per heavy atom. The highest BCUT2D eigenvalue weighted by atomic mass is 16.5. The lowest BCUT2D eigenvalue weighted by Crippen LogP contribution is -2.38. The predicted molar refractivity (Wildman–Crippen MR) is 108 cm³/mol. The molecule has 3 aromatic rings. The first kappa shape index (κ1) is 19.3. The van der Waals surface area contributed by atoms with Crippen molar-refractivity contribution in [1.82, 2.24) is 14.8 Å². The normalized spacial score (nSPS) is 14.5. The van der Waals surface area contributed by atoms with Crippen LogP contribution in [0.4, 0.5) is 5.95 Å². The van der Waals surface area contributed by atoms with Crippen molar-refractivity contribution >= 4 is 11.7 Å². The molecule has 0 bridgehead atoms. The average Bonchev–Trinajstić information content (AvgIpc) is 3.25. The smallest absolute Gasteiger partial charge is 0.232 e. The van der Waals surface area contributed by atoms with Gasteiger partial charge in [-0.25, -0.2) is 0 Å². The van der Waals surface area contributed by atoms with Crippen molar-refractivity contribution in [3.05, 3.63) is 71.5 Å². The maximum Gasteiger partial charge on any atom is 0.232 e. The first-order valence-electron chi connectivity index (χ1n) is 9.50. The maximum absolute atomic E-state index is 13.2. The lowest BCUT2D eigenvalue weighted by atomic mass is 9.96. The van der Waals surface area contributed by atoms with Crippen molar-refractivity contribution < 1.29 is 9.53 Å². The summed E-state index contributed by atoms with van der Waals surface area (Å²) < 4.78 is 7.18. The summed E-state index contributed by atoms with van der Waals surface area (Å²) in [5, 5.41) is 27.6. The van der Waals surface area contributed by atoms with E-state index in [4.69, 9.17) is 10.00 Å². The topological polar surface area (TPSA) is 108 Å². The third kappa shape index (κ3) is 3.64. The SMILES string of the molecule is N#Cc1cccc(C(=O)C(C#N)c2nnc(N3CCOCC3)n2-c2ccccc2)c1. The number of carbonyl (C=O) groups excluding carboxylic acids is 1. The number of ether oxygens (including phenoxy) is 1. The van der Waals surface area contributed by atoms with Gasteiger partial charge in [-0.3, -0.25) is 9.36 Å². The van der Waals surface area contributed by atoms with E-state index in [-0.39, 0.29) is 11.4 Å². The third-order valence-electron chi connectivity index (χ3n) is 4.90. The van der Waals surface area contributed by atoms with Crippen molar-refractivity contribution in [2.45, 2.75) is 5.92 Å². The molecule has 0 amide bonds. The van der Waals surface area contributed by atoms with E-state index in [1.807, 2.05) is 41.3 Å². The summed E-state index contributed by atoms with van der Waals surface area (Å²) in [5.74, 6) is -0.773. The molecule has 2 aromatic carbocycles. The zero-order valence-electron chi connectivity index (χ0n) is 16.1. The van der Waals surface area contributed by atoms with Gasteiger partial charge in [0, 0.05) is 18.7 Å². The number of hydrogen-bond donors (Lipinski definition) is 0. The molecule has 1 saturated heterocycles. The number of benzene rings is 2. The number of aromatic nitrogens is 3. The summed E-state index contributed by atoms with van der Waals surface area (Å²) in [7, 11) is 0. The Kier molecular flexibility index (Phi) is 5.51. The average molecular weight is 398 g/mol. The Bertz CT molecular complexity index is 1140. The summed E-state index contributed by atoms with van der Waals surface area (Å²) in [4.78, 5) is 15.2. The van der Waals surface area contributed by atoms with Gasteiger partial charge >= 0.3 is 0 Å². The van der Waals surface area contributed by atoms with Crippen LogP contribution in [0.5, 0.6) is 0 Å². The summed E-state index contributed by atoms with van der Waals surface area (Å²) in [5.41, 5.74) is 1.41. The molecule has 0 radical (unpaired) electrons. The zero-order chi connectivity index (χ0) is 20.9. The molecule has 8 heteroatoms. The zero-order valence-corrected chi connectivity index (χ0v) is 16.1. The largest absolute Gasteiger partial charge is 0.378 e. The quantitative estimate of drug-likeness (QED) is 0.608. The van der Waals surface area contributed by atoms with Gasteiger partial charge in [-0.05, 0) is 24.3 Å². The molecular formula is C22H18N6O2. The second-order valence-corrected chi connectivity index (χ2v) is 6.75. The van der Waals surface area contributed by atoms with Gasteiger partial charge in [-0.2, -0.15) is 10.5 Å². The molecular weight excluding hydrogens is 380 g/mol. The van der Waals surface area contributed by atoms with E-state index in [0.29, 0.717) is 37.8 Å². The number of morpholine rings is 1. The number of para-hydroxylation sites is 1. The minimum atomic E-state index is -1.17. The van der Waals surface area contributed by atoms with E-state index in [1.165, 1.54) is 6.07 Å². The van der Waals surface area contributed by atoms with Gasteiger partial charge < -0.3 is 9.64 Å². The highest BCUT2D eigenvalue weighted by molar-refractivity contribution is 6.02. The number of carbonyl (C=O) groups is 1. The Balaban J connectivity index is 1.80. The van der Waals surface area contributed by atoms with Gasteiger partial charge in [0.25, 0.3) is 0 Å². The summed E-state index contributed by atoms with van der Waals surface area (Å²) >= 11 is 0. The molecule has 148 valence electrons. The van der Waals surface area contributed by atoms with E-state index in [9.17, 15) is 10.1 Å². The molecule has 1 aliphatic heterocycles. The molecule has 0 aliphatic carbocycles. The van der Waals surface area contributed by atoms with Gasteiger partial charge in [0.15, 0.2) is 17.5 Å². The van der Waals surface area contributed by atoms with Crippen molar-refractivity contribution in [2.24, 2.45) is 0 Å². The van der Waals surface area contributed by atoms with Crippen LogP contribution in [0.2, 0.25) is 0 Å². The molecule has 4 rings (SSSR count). The fraction of sp³-hybridized carbons (Fsp3) is 0.227. The monoisotopic (exact) mass is 398 g/mol. The molecule has 0 spiro atoms. The molecule has 8 nitrogen and oxygen atoms in total. The van der Waals surface area contributed by atoms with Crippen molar-refractivity contribution in [1.29, 1.82) is 10.5 Å². The van der Waals surface area contributed by atoms with E-state index in [1.54, 1.807) is 22.8 Å². The molecule has 1 aromatic heterocycles. The van der Waals surface area contributed by atoms with Crippen molar-refractivity contribution in [3.63, 3.8) is 0 Å². The predicted octanol–water partition coefficient (Wildman–Crippen LogP) is 2.47. The van der Waals surface area contributed by atoms with Crippen LogP contribution >= 0.6 is 0 Å². The van der Waals surface area contributed by atoms with Crippen LogP contribution in [0.1, 0.15) is 27.7 Å². The van der Waals surface area contributed by atoms with Crippen LogP contribution < -0.4 is 4.90 Å². The van der Waals surface area contributed by atoms with Crippen LogP contribution in [0.25, 0.3) is 5.69 Å². The summed E-state index contributed by atoms with van der Waals surface area (Å²) in [6.07, 6.45) is 0. The number of hydrogen-bond acceptors (Lipinski definition) is 7. The van der Waals surface area contributed by atoms with Crippen LogP contribution in [-0.2, 0) is 4.74 Å². The van der Waals surface area contributed by atoms with Crippen LogP contribution in [0.15, 0.2) is 54.6 Å². The Morgan fingerprint density at radius 3 is 2.50 bits per heavy atom. The first-order chi connectivity index (χ1) is 14.7. The fourth-order valence-electron chi connectivity index (χ4n) is 3.41. The van der Waals surface area contributed by atoms with Crippen molar-refractivity contribution in [3.8, 4) is 17.8 Å². The fourth-order valence-corrected chi connectivity index (χ4v) is 3.41. The molecule has 0 saturated carbocycles. The van der Waals surface area contributed by atoms with Gasteiger partial charge in [0.1, 0.15) is 0 Å². The standard InChI is InChI=1S/C22H18N6O2/c23-14-16-5-4-6-17(13-16)20(29)19(15-24)21-25-26-22(27-9-11-30-12-10-27)28(21)18-7-2-1-3-8-18/h1-8,13,19H,9-12H2. The van der Waals surface area contributed by atoms with Crippen LogP contribution in [0.3, 0.4) is 0 Å². The van der Waals surface area contributed by atoms with Crippen LogP contribution in [0, 0.1) is 22.7 Å². The van der Waals surface area contributed by atoms with Gasteiger partial charge in [0.2, 0.25) is 5.95 Å². The Morgan fingerprint density at radius 2 is 1.80 bits per heavy atom. The molecule has 0 N–H and O–H groups in total. The minimum absolute atomic E-state index is 0.248. The lowest BCUT2D eigenvalue weighted by molar-refractivity contribution is 0.0975. The third-order valence-corrected chi connectivity index (χ3v) is 4.90. The highest BCUT2D eigenvalue weighted by Gasteiger charge is 2.31. The number of nitriles is 2. The molecule has 1 aliphatic rings. The van der Waals surface area contributed by atoms with Gasteiger partial charge in [-0.15, -0.1) is 10.2 Å². The number of anilines is 1. The minimum Gasteiger partial charge on any atom is -0.378 e. The molecule has 2 heterocycles. The van der Waals surface area contributed by atoms with Gasteiger partial charge in [-0.1, -0.05) is 30.3 Å². The van der Waals surface area contributed by atoms with E-state index >= 15 is 0 Å². The molecule has 1 fully saturated rings. The molecule has 1 unspecified atom stereocenters. The second-order valence-electron chi connectivity index (χ2n) is 6.75. The highest BCUT2D eigenvalue weighted by Crippen LogP contribution is 2.27. The lowest BCUT2D eigenvalue weighted by Gasteiger charge is -2.28. The Labute approximate surface area is 173 Å². The number of Topliss-reactive ketones (excluding diaryl/α,β-unsaturated/α-hetero) is 1. The summed E-state index contributed by atoms with van der Waals surface area (Å²) in [6.45, 7) is 2.41. The number of nitrogens with zero attached hydrogens (tertiary/aromatic N) is 6. The van der Waals surface area contributed by atoms with E-state index < -0.39 is 11.7 Å². The maximum atomic E-state index is 13.2. The molecule has 30 heavy (non-hydrogen) atoms. The van der Waals surface area contributed by atoms with Gasteiger partial charge in [0.05, 0.1) is 36.6 Å². The Hall–Kier alpha value is -4.01. The molecule has 1 atom stereocenters. The van der Waals surface area contributed by atoms with Crippen LogP contribution in [-0.4, -0.2) is 46.9 Å². The second kappa shape index (κ2) is 8.56. The van der Waals surface area contributed by atoms with Crippen molar-refractivity contribution in [2.75, 3.05) is 31.2 Å².